The number of rotatable bonds is 5. The van der Waals surface area contributed by atoms with Crippen LogP contribution in [0.15, 0.2) is 18.2 Å². The molecule has 0 unspecified atom stereocenters. The summed E-state index contributed by atoms with van der Waals surface area (Å²) in [7, 11) is 1.53. The normalized spacial score (nSPS) is 11.1. The minimum Gasteiger partial charge on any atom is -0.496 e. The van der Waals surface area contributed by atoms with E-state index in [9.17, 15) is 4.79 Å². The fourth-order valence-corrected chi connectivity index (χ4v) is 1.96. The molecule has 3 N–H and O–H groups in total. The number of hydrogen-bond acceptors (Lipinski definition) is 3. The van der Waals surface area contributed by atoms with Crippen LogP contribution in [-0.4, -0.2) is 18.6 Å². The summed E-state index contributed by atoms with van der Waals surface area (Å²) in [6, 6.07) is 5.04. The molecule has 0 aliphatic heterocycles. The van der Waals surface area contributed by atoms with Gasteiger partial charge in [0.15, 0.2) is 0 Å². The lowest BCUT2D eigenvalue weighted by Crippen LogP contribution is -2.43. The zero-order chi connectivity index (χ0) is 13.8. The first-order valence-electron chi connectivity index (χ1n) is 6.15. The number of ether oxygens (including phenoxy) is 1. The highest BCUT2D eigenvalue weighted by Gasteiger charge is 2.22. The van der Waals surface area contributed by atoms with Crippen LogP contribution in [0.4, 0.5) is 5.69 Å². The van der Waals surface area contributed by atoms with Crippen LogP contribution in [0.3, 0.4) is 0 Å². The maximum absolute atomic E-state index is 12.2. The minimum absolute atomic E-state index is 0.134. The van der Waals surface area contributed by atoms with E-state index in [2.05, 4.69) is 12.2 Å². The van der Waals surface area contributed by atoms with Gasteiger partial charge in [-0.15, -0.1) is 0 Å². The number of carbonyl (C=O) groups excluding carboxylic acids is 1. The SMILES string of the molecule is CCCC(C)(C)NC(=O)c1ccc(N)cc1OC. The summed E-state index contributed by atoms with van der Waals surface area (Å²) in [4.78, 5) is 12.2. The number of methoxy groups -OCH3 is 1. The minimum atomic E-state index is -0.224. The van der Waals surface area contributed by atoms with Crippen molar-refractivity contribution in [3.05, 3.63) is 23.8 Å². The number of nitrogens with one attached hydrogen (secondary N) is 1. The van der Waals surface area contributed by atoms with Gasteiger partial charge in [-0.1, -0.05) is 13.3 Å². The number of benzene rings is 1. The summed E-state index contributed by atoms with van der Waals surface area (Å²) in [5.74, 6) is 0.366. The average Bonchev–Trinajstić information content (AvgIpc) is 2.27. The van der Waals surface area contributed by atoms with Crippen molar-refractivity contribution in [3.63, 3.8) is 0 Å². The lowest BCUT2D eigenvalue weighted by atomic mass is 9.98. The molecular formula is C14H22N2O2. The van der Waals surface area contributed by atoms with Crippen molar-refractivity contribution in [2.24, 2.45) is 0 Å². The quantitative estimate of drug-likeness (QED) is 0.789. The van der Waals surface area contributed by atoms with Crippen LogP contribution in [0.2, 0.25) is 0 Å². The van der Waals surface area contributed by atoms with Crippen LogP contribution in [0.1, 0.15) is 44.0 Å². The smallest absolute Gasteiger partial charge is 0.255 e. The summed E-state index contributed by atoms with van der Waals surface area (Å²) >= 11 is 0. The van der Waals surface area contributed by atoms with Gasteiger partial charge in [-0.3, -0.25) is 4.79 Å². The van der Waals surface area contributed by atoms with Crippen LogP contribution in [0, 0.1) is 0 Å². The molecule has 0 aliphatic rings. The third kappa shape index (κ3) is 3.65. The molecule has 4 nitrogen and oxygen atoms in total. The lowest BCUT2D eigenvalue weighted by Gasteiger charge is -2.26. The Hall–Kier alpha value is -1.71. The molecule has 100 valence electrons. The van der Waals surface area contributed by atoms with Crippen LogP contribution in [0.5, 0.6) is 5.75 Å². The van der Waals surface area contributed by atoms with Crippen LogP contribution in [0.25, 0.3) is 0 Å². The average molecular weight is 250 g/mol. The molecule has 0 saturated heterocycles. The standard InChI is InChI=1S/C14H22N2O2/c1-5-8-14(2,3)16-13(17)11-7-6-10(15)9-12(11)18-4/h6-7,9H,5,8,15H2,1-4H3,(H,16,17). The highest BCUT2D eigenvalue weighted by atomic mass is 16.5. The Labute approximate surface area is 109 Å². The van der Waals surface area contributed by atoms with E-state index in [4.69, 9.17) is 10.5 Å². The topological polar surface area (TPSA) is 64.4 Å². The van der Waals surface area contributed by atoms with Crippen molar-refractivity contribution in [1.82, 2.24) is 5.32 Å². The van der Waals surface area contributed by atoms with Gasteiger partial charge in [0.2, 0.25) is 0 Å². The van der Waals surface area contributed by atoms with Crippen molar-refractivity contribution < 1.29 is 9.53 Å². The zero-order valence-corrected chi connectivity index (χ0v) is 11.5. The van der Waals surface area contributed by atoms with E-state index in [0.717, 1.165) is 12.8 Å². The molecule has 0 radical (unpaired) electrons. The van der Waals surface area contributed by atoms with Crippen LogP contribution in [-0.2, 0) is 0 Å². The van der Waals surface area contributed by atoms with Crippen molar-refractivity contribution in [3.8, 4) is 5.75 Å². The Balaban J connectivity index is 2.91. The maximum Gasteiger partial charge on any atom is 0.255 e. The van der Waals surface area contributed by atoms with Gasteiger partial charge in [0.25, 0.3) is 5.91 Å². The molecule has 0 aliphatic carbocycles. The number of hydrogen-bond donors (Lipinski definition) is 2. The summed E-state index contributed by atoms with van der Waals surface area (Å²) < 4.78 is 5.18. The molecule has 0 atom stereocenters. The van der Waals surface area contributed by atoms with E-state index >= 15 is 0 Å². The van der Waals surface area contributed by atoms with Crippen LogP contribution >= 0.6 is 0 Å². The van der Waals surface area contributed by atoms with Gasteiger partial charge in [-0.2, -0.15) is 0 Å². The van der Waals surface area contributed by atoms with Gasteiger partial charge in [-0.05, 0) is 32.4 Å². The van der Waals surface area contributed by atoms with Crippen LogP contribution < -0.4 is 15.8 Å². The molecule has 1 aromatic carbocycles. The Morgan fingerprint density at radius 3 is 2.67 bits per heavy atom. The molecule has 0 fully saturated rings. The predicted molar refractivity (Wildman–Crippen MR) is 73.9 cm³/mol. The van der Waals surface area contributed by atoms with Gasteiger partial charge >= 0.3 is 0 Å². The summed E-state index contributed by atoms with van der Waals surface area (Å²) in [6.07, 6.45) is 1.95. The Kier molecular flexibility index (Phi) is 4.59. The number of nitrogens with two attached hydrogens (primary N) is 1. The first-order chi connectivity index (χ1) is 8.39. The predicted octanol–water partition coefficient (Wildman–Crippen LogP) is 2.59. The summed E-state index contributed by atoms with van der Waals surface area (Å²) in [5.41, 5.74) is 6.53. The molecular weight excluding hydrogens is 228 g/mol. The molecule has 0 spiro atoms. The number of anilines is 1. The Bertz CT molecular complexity index is 428. The van der Waals surface area contributed by atoms with Crippen molar-refractivity contribution in [2.75, 3.05) is 12.8 Å². The van der Waals surface area contributed by atoms with E-state index < -0.39 is 0 Å². The second-order valence-electron chi connectivity index (χ2n) is 5.05. The Morgan fingerprint density at radius 2 is 2.11 bits per heavy atom. The number of carbonyl (C=O) groups is 1. The third-order valence-electron chi connectivity index (χ3n) is 2.80. The summed E-state index contributed by atoms with van der Waals surface area (Å²) in [6.45, 7) is 6.12. The monoisotopic (exact) mass is 250 g/mol. The van der Waals surface area contributed by atoms with Gasteiger partial charge < -0.3 is 15.8 Å². The van der Waals surface area contributed by atoms with Crippen molar-refractivity contribution in [1.29, 1.82) is 0 Å². The molecule has 1 rings (SSSR count). The molecule has 1 aromatic rings. The highest BCUT2D eigenvalue weighted by Crippen LogP contribution is 2.22. The Morgan fingerprint density at radius 1 is 1.44 bits per heavy atom. The van der Waals surface area contributed by atoms with E-state index in [-0.39, 0.29) is 11.4 Å². The highest BCUT2D eigenvalue weighted by molar-refractivity contribution is 5.97. The van der Waals surface area contributed by atoms with E-state index in [0.29, 0.717) is 17.0 Å². The van der Waals surface area contributed by atoms with Crippen molar-refractivity contribution >= 4 is 11.6 Å². The van der Waals surface area contributed by atoms with Gasteiger partial charge in [0.05, 0.1) is 12.7 Å². The number of nitrogen functional groups attached to an aromatic ring is 1. The molecule has 0 bridgehead atoms. The molecule has 18 heavy (non-hydrogen) atoms. The second kappa shape index (κ2) is 5.76. The molecule has 1 amide bonds. The zero-order valence-electron chi connectivity index (χ0n) is 11.5. The largest absolute Gasteiger partial charge is 0.496 e. The van der Waals surface area contributed by atoms with E-state index in [1.54, 1.807) is 18.2 Å². The second-order valence-corrected chi connectivity index (χ2v) is 5.05. The first kappa shape index (κ1) is 14.4. The third-order valence-corrected chi connectivity index (χ3v) is 2.80. The fraction of sp³-hybridized carbons (Fsp3) is 0.500. The molecule has 4 heteroatoms. The molecule has 0 aromatic heterocycles. The van der Waals surface area contributed by atoms with Gasteiger partial charge in [0.1, 0.15) is 5.75 Å². The summed E-state index contributed by atoms with van der Waals surface area (Å²) in [5, 5.41) is 3.01. The van der Waals surface area contributed by atoms with E-state index in [1.165, 1.54) is 7.11 Å². The molecule has 0 saturated carbocycles. The first-order valence-corrected chi connectivity index (χ1v) is 6.15. The lowest BCUT2D eigenvalue weighted by molar-refractivity contribution is 0.0906. The van der Waals surface area contributed by atoms with Gasteiger partial charge in [0, 0.05) is 17.3 Å². The molecule has 0 heterocycles. The maximum atomic E-state index is 12.2. The van der Waals surface area contributed by atoms with Gasteiger partial charge in [-0.25, -0.2) is 0 Å². The fourth-order valence-electron chi connectivity index (χ4n) is 1.96. The van der Waals surface area contributed by atoms with E-state index in [1.807, 2.05) is 13.8 Å². The number of amides is 1. The van der Waals surface area contributed by atoms with Crippen molar-refractivity contribution in [2.45, 2.75) is 39.2 Å².